The molecule has 0 amide bonds. The van der Waals surface area contributed by atoms with Gasteiger partial charge in [-0.25, -0.2) is 9.78 Å². The SMILES string of the molecule is O=C(O)c1[nH][c]nc1COc1ccccc1. The Balaban J connectivity index is 2.05. The van der Waals surface area contributed by atoms with E-state index in [1.165, 1.54) is 0 Å². The lowest BCUT2D eigenvalue weighted by Crippen LogP contribution is -2.05. The fourth-order valence-electron chi connectivity index (χ4n) is 1.23. The Labute approximate surface area is 91.7 Å². The third kappa shape index (κ3) is 2.20. The molecule has 0 spiro atoms. The number of carboxylic acid groups (broad SMARTS) is 1. The highest BCUT2D eigenvalue weighted by atomic mass is 16.5. The van der Waals surface area contributed by atoms with E-state index in [-0.39, 0.29) is 12.3 Å². The van der Waals surface area contributed by atoms with E-state index in [2.05, 4.69) is 16.3 Å². The van der Waals surface area contributed by atoms with Crippen LogP contribution >= 0.6 is 0 Å². The molecule has 2 rings (SSSR count). The molecular weight excluding hydrogens is 208 g/mol. The van der Waals surface area contributed by atoms with E-state index in [1.54, 1.807) is 12.1 Å². The van der Waals surface area contributed by atoms with Gasteiger partial charge in [-0.05, 0) is 12.1 Å². The first-order valence-electron chi connectivity index (χ1n) is 4.63. The smallest absolute Gasteiger partial charge is 0.354 e. The molecule has 2 aromatic rings. The third-order valence-corrected chi connectivity index (χ3v) is 1.99. The van der Waals surface area contributed by atoms with Crippen LogP contribution in [0, 0.1) is 6.33 Å². The van der Waals surface area contributed by atoms with E-state index in [0.717, 1.165) is 0 Å². The van der Waals surface area contributed by atoms with Crippen molar-refractivity contribution < 1.29 is 14.6 Å². The van der Waals surface area contributed by atoms with Crippen molar-refractivity contribution in [3.8, 4) is 5.75 Å². The average molecular weight is 217 g/mol. The molecule has 16 heavy (non-hydrogen) atoms. The molecule has 0 aliphatic carbocycles. The first kappa shape index (κ1) is 10.2. The van der Waals surface area contributed by atoms with Crippen molar-refractivity contribution in [2.75, 3.05) is 0 Å². The summed E-state index contributed by atoms with van der Waals surface area (Å²) < 4.78 is 5.38. The number of H-pyrrole nitrogens is 1. The molecule has 0 bridgehead atoms. The number of nitrogens with zero attached hydrogens (tertiary/aromatic N) is 1. The molecule has 81 valence electrons. The zero-order chi connectivity index (χ0) is 11.4. The number of nitrogens with one attached hydrogen (secondary N) is 1. The number of aromatic nitrogens is 2. The van der Waals surface area contributed by atoms with E-state index in [4.69, 9.17) is 9.84 Å². The number of hydrogen-bond donors (Lipinski definition) is 2. The summed E-state index contributed by atoms with van der Waals surface area (Å²) in [4.78, 5) is 16.9. The molecule has 1 radical (unpaired) electrons. The van der Waals surface area contributed by atoms with E-state index in [9.17, 15) is 4.79 Å². The van der Waals surface area contributed by atoms with Crippen LogP contribution in [0.4, 0.5) is 0 Å². The lowest BCUT2D eigenvalue weighted by molar-refractivity contribution is 0.0688. The summed E-state index contributed by atoms with van der Waals surface area (Å²) in [5.41, 5.74) is 0.340. The first-order chi connectivity index (χ1) is 7.77. The fraction of sp³-hybridized carbons (Fsp3) is 0.0909. The molecule has 0 aliphatic heterocycles. The van der Waals surface area contributed by atoms with Crippen LogP contribution in [0.1, 0.15) is 16.2 Å². The second-order valence-electron chi connectivity index (χ2n) is 3.08. The van der Waals surface area contributed by atoms with Crippen molar-refractivity contribution in [3.05, 3.63) is 48.0 Å². The van der Waals surface area contributed by atoms with Gasteiger partial charge in [0, 0.05) is 0 Å². The molecule has 0 saturated heterocycles. The zero-order valence-electron chi connectivity index (χ0n) is 8.30. The van der Waals surface area contributed by atoms with E-state index in [1.807, 2.05) is 18.2 Å². The maximum absolute atomic E-state index is 10.7. The quantitative estimate of drug-likeness (QED) is 0.813. The number of aromatic amines is 1. The Morgan fingerprint density at radius 3 is 2.88 bits per heavy atom. The molecule has 2 N–H and O–H groups in total. The number of carboxylic acids is 1. The van der Waals surface area contributed by atoms with Gasteiger partial charge in [-0.15, -0.1) is 0 Å². The van der Waals surface area contributed by atoms with Crippen LogP contribution in [-0.4, -0.2) is 21.0 Å². The summed E-state index contributed by atoms with van der Waals surface area (Å²) in [6.07, 6.45) is 2.38. The molecule has 0 fully saturated rings. The Kier molecular flexibility index (Phi) is 2.86. The fourth-order valence-corrected chi connectivity index (χ4v) is 1.23. The van der Waals surface area contributed by atoms with E-state index >= 15 is 0 Å². The maximum Gasteiger partial charge on any atom is 0.354 e. The molecule has 1 aromatic heterocycles. The number of rotatable bonds is 4. The normalized spacial score (nSPS) is 10.0. The van der Waals surface area contributed by atoms with Crippen molar-refractivity contribution in [1.82, 2.24) is 9.97 Å². The number of benzene rings is 1. The predicted octanol–water partition coefficient (Wildman–Crippen LogP) is 1.49. The minimum absolute atomic E-state index is 0.0101. The van der Waals surface area contributed by atoms with Crippen molar-refractivity contribution >= 4 is 5.97 Å². The van der Waals surface area contributed by atoms with Crippen molar-refractivity contribution in [2.45, 2.75) is 6.61 Å². The highest BCUT2D eigenvalue weighted by molar-refractivity contribution is 5.86. The molecular formula is C11H9N2O3. The van der Waals surface area contributed by atoms with Crippen molar-refractivity contribution in [3.63, 3.8) is 0 Å². The Bertz CT molecular complexity index is 479. The van der Waals surface area contributed by atoms with E-state index in [0.29, 0.717) is 11.4 Å². The van der Waals surface area contributed by atoms with Gasteiger partial charge in [-0.2, -0.15) is 0 Å². The van der Waals surface area contributed by atoms with Gasteiger partial charge in [-0.1, -0.05) is 18.2 Å². The van der Waals surface area contributed by atoms with Gasteiger partial charge in [0.1, 0.15) is 18.1 Å². The second-order valence-corrected chi connectivity index (χ2v) is 3.08. The number of para-hydroxylation sites is 1. The number of aromatic carboxylic acids is 1. The molecule has 0 aliphatic rings. The Morgan fingerprint density at radius 1 is 1.44 bits per heavy atom. The predicted molar refractivity (Wildman–Crippen MR) is 55.2 cm³/mol. The van der Waals surface area contributed by atoms with Crippen LogP contribution in [0.2, 0.25) is 0 Å². The van der Waals surface area contributed by atoms with Gasteiger partial charge in [0.25, 0.3) is 0 Å². The van der Waals surface area contributed by atoms with E-state index < -0.39 is 5.97 Å². The van der Waals surface area contributed by atoms with Crippen molar-refractivity contribution in [2.24, 2.45) is 0 Å². The minimum Gasteiger partial charge on any atom is -0.487 e. The first-order valence-corrected chi connectivity index (χ1v) is 4.63. The minimum atomic E-state index is -1.07. The standard InChI is InChI=1S/C11H9N2O3/c14-11(15)10-9(12-7-13-10)6-16-8-4-2-1-3-5-8/h1-5H,6H2,(H,12,13)(H,14,15). The van der Waals surface area contributed by atoms with Crippen LogP contribution in [-0.2, 0) is 6.61 Å². The highest BCUT2D eigenvalue weighted by Crippen LogP contribution is 2.11. The summed E-state index contributed by atoms with van der Waals surface area (Å²) in [6.45, 7) is 0.103. The molecule has 1 aromatic carbocycles. The zero-order valence-corrected chi connectivity index (χ0v) is 8.30. The Hall–Kier alpha value is -2.30. The van der Waals surface area contributed by atoms with Crippen molar-refractivity contribution in [1.29, 1.82) is 0 Å². The van der Waals surface area contributed by atoms with Crippen LogP contribution in [0.3, 0.4) is 0 Å². The van der Waals surface area contributed by atoms with Crippen LogP contribution in [0.15, 0.2) is 30.3 Å². The molecule has 0 unspecified atom stereocenters. The van der Waals surface area contributed by atoms with Crippen LogP contribution in [0.5, 0.6) is 5.75 Å². The summed E-state index contributed by atoms with van der Waals surface area (Å²) >= 11 is 0. The molecule has 5 nitrogen and oxygen atoms in total. The number of imidazole rings is 1. The van der Waals surface area contributed by atoms with Gasteiger partial charge in [0.15, 0.2) is 12.0 Å². The summed E-state index contributed by atoms with van der Waals surface area (Å²) in [5.74, 6) is -0.401. The molecule has 0 atom stereocenters. The summed E-state index contributed by atoms with van der Waals surface area (Å²) in [7, 11) is 0. The highest BCUT2D eigenvalue weighted by Gasteiger charge is 2.13. The van der Waals surface area contributed by atoms with Gasteiger partial charge in [0.2, 0.25) is 0 Å². The summed E-state index contributed by atoms with van der Waals surface area (Å²) in [6, 6.07) is 9.12. The van der Waals surface area contributed by atoms with Gasteiger partial charge in [0.05, 0.1) is 0 Å². The third-order valence-electron chi connectivity index (χ3n) is 1.99. The number of carbonyl (C=O) groups is 1. The van der Waals surface area contributed by atoms with Gasteiger partial charge >= 0.3 is 5.97 Å². The lowest BCUT2D eigenvalue weighted by Gasteiger charge is -2.03. The second kappa shape index (κ2) is 4.48. The largest absolute Gasteiger partial charge is 0.487 e. The molecule has 0 saturated carbocycles. The van der Waals surface area contributed by atoms with Crippen LogP contribution in [0.25, 0.3) is 0 Å². The number of ether oxygens (including phenoxy) is 1. The van der Waals surface area contributed by atoms with Crippen LogP contribution < -0.4 is 4.74 Å². The molecule has 5 heteroatoms. The van der Waals surface area contributed by atoms with Gasteiger partial charge in [-0.3, -0.25) is 0 Å². The molecule has 1 heterocycles. The average Bonchev–Trinajstić information content (AvgIpc) is 2.76. The maximum atomic E-state index is 10.7. The Morgan fingerprint density at radius 2 is 2.19 bits per heavy atom. The monoisotopic (exact) mass is 217 g/mol. The summed E-state index contributed by atoms with van der Waals surface area (Å²) in [5, 5.41) is 8.80. The van der Waals surface area contributed by atoms with Gasteiger partial charge < -0.3 is 14.8 Å². The number of hydrogen-bond acceptors (Lipinski definition) is 3. The lowest BCUT2D eigenvalue weighted by atomic mass is 10.3. The topological polar surface area (TPSA) is 75.2 Å².